The van der Waals surface area contributed by atoms with E-state index < -0.39 is 11.9 Å². The van der Waals surface area contributed by atoms with E-state index in [4.69, 9.17) is 4.74 Å². The van der Waals surface area contributed by atoms with Crippen molar-refractivity contribution in [1.82, 2.24) is 19.8 Å². The van der Waals surface area contributed by atoms with Gasteiger partial charge in [0, 0.05) is 38.1 Å². The molecule has 1 saturated carbocycles. The average molecular weight is 549 g/mol. The maximum atomic E-state index is 13.1. The number of ether oxygens (including phenoxy) is 1. The lowest BCUT2D eigenvalue weighted by Gasteiger charge is -2.59. The molecule has 2 aromatic rings. The predicted molar refractivity (Wildman–Crippen MR) is 165 cm³/mol. The first kappa shape index (κ1) is 29.0. The van der Waals surface area contributed by atoms with Crippen LogP contribution in [0.5, 0.6) is 0 Å². The molecule has 7 nitrogen and oxygen atoms in total. The maximum Gasteiger partial charge on any atom is 0.434 e. The summed E-state index contributed by atoms with van der Waals surface area (Å²) >= 11 is 0. The second-order valence-corrected chi connectivity index (χ2v) is 12.4. The third kappa shape index (κ3) is 5.26. The molecule has 15 heteroatoms. The van der Waals surface area contributed by atoms with Crippen LogP contribution in [0.15, 0.2) is 12.4 Å². The molecular formula is C25H35B5F3N5O2. The highest BCUT2D eigenvalue weighted by molar-refractivity contribution is 6.67. The van der Waals surface area contributed by atoms with Crippen molar-refractivity contribution in [3.05, 3.63) is 23.7 Å². The second-order valence-electron chi connectivity index (χ2n) is 12.4. The zero-order valence-corrected chi connectivity index (χ0v) is 24.5. The van der Waals surface area contributed by atoms with Crippen molar-refractivity contribution in [3.63, 3.8) is 0 Å². The first-order valence-electron chi connectivity index (χ1n) is 14.1. The Bertz CT molecular complexity index is 1260. The minimum absolute atomic E-state index is 0.0693. The summed E-state index contributed by atoms with van der Waals surface area (Å²) in [6, 6.07) is -0.358. The number of rotatable bonds is 4. The molecule has 3 aliphatic rings. The van der Waals surface area contributed by atoms with Crippen molar-refractivity contribution < 1.29 is 22.7 Å². The fourth-order valence-electron chi connectivity index (χ4n) is 7.00. The molecule has 40 heavy (non-hydrogen) atoms. The molecule has 0 radical (unpaired) electrons. The van der Waals surface area contributed by atoms with E-state index in [1.165, 1.54) is 32.9 Å². The van der Waals surface area contributed by atoms with Gasteiger partial charge in [-0.3, -0.25) is 9.80 Å². The Balaban J connectivity index is 1.11. The number of hydrogen-bond acceptors (Lipinski definition) is 6. The SMILES string of the molecule is Bc1c(B)c(B)c(CN2CC3(CC(OC(=O)N4[C@H](C)CN(c5cnc(C(F)(F)F)cn5)C[C@@H]4C)C3)C2)c(B)c1B. The minimum Gasteiger partial charge on any atom is -0.446 e. The molecule has 2 atom stereocenters. The van der Waals surface area contributed by atoms with Crippen molar-refractivity contribution in [2.45, 2.75) is 57.6 Å². The fraction of sp³-hybridized carbons (Fsp3) is 0.560. The molecular weight excluding hydrogens is 513 g/mol. The lowest BCUT2D eigenvalue weighted by molar-refractivity contribution is -0.141. The van der Waals surface area contributed by atoms with Crippen molar-refractivity contribution in [1.29, 1.82) is 0 Å². The van der Waals surface area contributed by atoms with Gasteiger partial charge in [0.25, 0.3) is 0 Å². The van der Waals surface area contributed by atoms with Crippen molar-refractivity contribution in [2.75, 3.05) is 31.1 Å². The molecule has 1 spiro atoms. The van der Waals surface area contributed by atoms with Crippen molar-refractivity contribution in [3.8, 4) is 0 Å². The second kappa shape index (κ2) is 10.4. The van der Waals surface area contributed by atoms with Gasteiger partial charge in [0.2, 0.25) is 0 Å². The van der Waals surface area contributed by atoms with Crippen molar-refractivity contribution >= 4 is 78.5 Å². The maximum absolute atomic E-state index is 13.1. The Kier molecular flexibility index (Phi) is 7.51. The van der Waals surface area contributed by atoms with Crippen LogP contribution in [-0.4, -0.2) is 109 Å². The number of alkyl halides is 3. The van der Waals surface area contributed by atoms with Crippen LogP contribution in [0.2, 0.25) is 0 Å². The van der Waals surface area contributed by atoms with Gasteiger partial charge in [-0.25, -0.2) is 14.8 Å². The number of benzene rings is 1. The Morgan fingerprint density at radius 1 is 0.950 bits per heavy atom. The van der Waals surface area contributed by atoms with E-state index in [1.54, 1.807) is 4.90 Å². The van der Waals surface area contributed by atoms with E-state index in [2.05, 4.69) is 54.1 Å². The van der Waals surface area contributed by atoms with E-state index in [9.17, 15) is 18.0 Å². The highest BCUT2D eigenvalue weighted by Crippen LogP contribution is 2.50. The molecule has 0 N–H and O–H groups in total. The summed E-state index contributed by atoms with van der Waals surface area (Å²) in [5, 5.41) is 0. The molecule has 2 saturated heterocycles. The Labute approximate surface area is 238 Å². The van der Waals surface area contributed by atoms with Crippen LogP contribution in [0.4, 0.5) is 23.8 Å². The normalized spacial score (nSPS) is 23.1. The summed E-state index contributed by atoms with van der Waals surface area (Å²) in [4.78, 5) is 26.8. The zero-order chi connectivity index (χ0) is 29.1. The van der Waals surface area contributed by atoms with Gasteiger partial charge in [0.1, 0.15) is 51.2 Å². The van der Waals surface area contributed by atoms with Gasteiger partial charge in [0.05, 0.1) is 24.5 Å². The Morgan fingerprint density at radius 2 is 1.50 bits per heavy atom. The number of nitrogens with zero attached hydrogens (tertiary/aromatic N) is 5. The first-order valence-corrected chi connectivity index (χ1v) is 14.1. The number of piperazine rings is 1. The van der Waals surface area contributed by atoms with Gasteiger partial charge in [-0.15, -0.1) is 16.4 Å². The standard InChI is InChI=1S/C25H35B5F3N5O2/c1-12-7-37(17-6-34-16(5-35-17)25(31,32)33)8-13(2)38(12)23(39)40-14-3-24(4-14)10-36(11-24)9-15-18(26)20(28)22(30)21(29)19(15)27/h5-6,12-14H,3-4,7-11,26-30H2,1-2H3/t12-,13+. The smallest absolute Gasteiger partial charge is 0.434 e. The van der Waals surface area contributed by atoms with E-state index >= 15 is 0 Å². The number of carbonyl (C=O) groups is 1. The Hall–Kier alpha value is -2.56. The van der Waals surface area contributed by atoms with E-state index in [0.29, 0.717) is 18.9 Å². The van der Waals surface area contributed by atoms with Gasteiger partial charge in [-0.2, -0.15) is 13.2 Å². The molecule has 1 aromatic carbocycles. The molecule has 0 unspecified atom stereocenters. The number of carbonyl (C=O) groups excluding carboxylic acids is 1. The summed E-state index contributed by atoms with van der Waals surface area (Å²) < 4.78 is 44.4. The third-order valence-corrected chi connectivity index (χ3v) is 9.63. The number of hydrogen-bond donors (Lipinski definition) is 0. The zero-order valence-electron chi connectivity index (χ0n) is 24.5. The summed E-state index contributed by atoms with van der Waals surface area (Å²) in [7, 11) is 11.1. The van der Waals surface area contributed by atoms with Crippen LogP contribution in [0, 0.1) is 5.41 Å². The largest absolute Gasteiger partial charge is 0.446 e. The summed E-state index contributed by atoms with van der Waals surface area (Å²) in [5.41, 5.74) is 7.65. The van der Waals surface area contributed by atoms with Crippen LogP contribution in [-0.2, 0) is 17.5 Å². The molecule has 5 rings (SSSR count). The highest BCUT2D eigenvalue weighted by atomic mass is 19.4. The third-order valence-electron chi connectivity index (χ3n) is 9.63. The van der Waals surface area contributed by atoms with E-state index in [-0.39, 0.29) is 29.7 Å². The molecule has 3 fully saturated rings. The van der Waals surface area contributed by atoms with Gasteiger partial charge >= 0.3 is 12.3 Å². The molecule has 2 aliphatic heterocycles. The molecule has 1 amide bonds. The summed E-state index contributed by atoms with van der Waals surface area (Å²) in [6.45, 7) is 7.77. The number of anilines is 1. The fourth-order valence-corrected chi connectivity index (χ4v) is 7.00. The van der Waals surface area contributed by atoms with Gasteiger partial charge in [-0.05, 0) is 32.3 Å². The van der Waals surface area contributed by atoms with E-state index in [1.807, 2.05) is 18.7 Å². The van der Waals surface area contributed by atoms with Crippen LogP contribution < -0.4 is 32.2 Å². The van der Waals surface area contributed by atoms with Crippen LogP contribution in [0.3, 0.4) is 0 Å². The average Bonchev–Trinajstić information content (AvgIpc) is 2.84. The number of likely N-dealkylation sites (tertiary alicyclic amines) is 1. The van der Waals surface area contributed by atoms with E-state index in [0.717, 1.165) is 44.9 Å². The number of halogens is 3. The van der Waals surface area contributed by atoms with Crippen LogP contribution in [0.25, 0.3) is 0 Å². The monoisotopic (exact) mass is 549 g/mol. The topological polar surface area (TPSA) is 61.8 Å². The van der Waals surface area contributed by atoms with Gasteiger partial charge < -0.3 is 9.64 Å². The van der Waals surface area contributed by atoms with Gasteiger partial charge in [0.15, 0.2) is 5.69 Å². The van der Waals surface area contributed by atoms with Crippen LogP contribution >= 0.6 is 0 Å². The molecule has 0 bridgehead atoms. The quantitative estimate of drug-likeness (QED) is 0.359. The molecule has 1 aliphatic carbocycles. The summed E-state index contributed by atoms with van der Waals surface area (Å²) in [6.07, 6.45) is -1.22. The molecule has 208 valence electrons. The molecule has 3 heterocycles. The lowest BCUT2D eigenvalue weighted by atomic mass is 9.59. The highest BCUT2D eigenvalue weighted by Gasteiger charge is 2.54. The summed E-state index contributed by atoms with van der Waals surface area (Å²) in [5.74, 6) is 0.372. The Morgan fingerprint density at radius 3 is 2.00 bits per heavy atom. The predicted octanol–water partition coefficient (Wildman–Crippen LogP) is -4.51. The van der Waals surface area contributed by atoms with Gasteiger partial charge in [-0.1, -0.05) is 10.9 Å². The minimum atomic E-state index is -4.52. The van der Waals surface area contributed by atoms with Crippen molar-refractivity contribution in [2.24, 2.45) is 5.41 Å². The lowest BCUT2D eigenvalue weighted by Crippen LogP contribution is -2.66. The number of aromatic nitrogens is 2. The molecule has 1 aromatic heterocycles. The number of amides is 1. The van der Waals surface area contributed by atoms with Crippen LogP contribution in [0.1, 0.15) is 37.9 Å². The first-order chi connectivity index (χ1) is 18.7.